The van der Waals surface area contributed by atoms with Gasteiger partial charge < -0.3 is 32.5 Å². The Morgan fingerprint density at radius 3 is 1.94 bits per heavy atom. The van der Waals surface area contributed by atoms with Gasteiger partial charge in [-0.25, -0.2) is 4.79 Å². The summed E-state index contributed by atoms with van der Waals surface area (Å²) in [6.07, 6.45) is 5.02. The zero-order valence-corrected chi connectivity index (χ0v) is 22.1. The van der Waals surface area contributed by atoms with E-state index in [0.717, 1.165) is 6.42 Å². The minimum absolute atomic E-state index is 0.0482. The van der Waals surface area contributed by atoms with E-state index in [4.69, 9.17) is 11.5 Å². The fourth-order valence-electron chi connectivity index (χ4n) is 3.25. The smallest absolute Gasteiger partial charge is 0.326 e. The maximum atomic E-state index is 13.2. The highest BCUT2D eigenvalue weighted by molar-refractivity contribution is 7.98. The molecule has 0 aromatic rings. The molecule has 3 amide bonds. The Morgan fingerprint density at radius 2 is 1.44 bits per heavy atom. The first kappa shape index (κ1) is 32.1. The van der Waals surface area contributed by atoms with Crippen molar-refractivity contribution in [1.82, 2.24) is 16.0 Å². The Morgan fingerprint density at radius 1 is 0.853 bits per heavy atom. The van der Waals surface area contributed by atoms with Crippen molar-refractivity contribution in [3.05, 3.63) is 0 Å². The second kappa shape index (κ2) is 17.6. The first-order chi connectivity index (χ1) is 16.0. The average Bonchev–Trinajstić information content (AvgIpc) is 2.82. The molecule has 6 atom stereocenters. The number of unbranched alkanes of at least 4 members (excludes halogenated alkanes) is 1. The summed E-state index contributed by atoms with van der Waals surface area (Å²) in [6.45, 7) is 8.00. The lowest BCUT2D eigenvalue weighted by atomic mass is 9.95. The van der Waals surface area contributed by atoms with Crippen LogP contribution in [0.3, 0.4) is 0 Å². The number of carbonyl (C=O) groups is 4. The van der Waals surface area contributed by atoms with Crippen molar-refractivity contribution in [3.8, 4) is 0 Å². The molecule has 198 valence electrons. The van der Waals surface area contributed by atoms with Crippen LogP contribution in [0.1, 0.15) is 66.2 Å². The summed E-state index contributed by atoms with van der Waals surface area (Å²) in [6, 6.07) is -3.60. The number of carboxylic acid groups (broad SMARTS) is 1. The van der Waals surface area contributed by atoms with Gasteiger partial charge in [-0.1, -0.05) is 40.5 Å². The molecule has 0 aromatic heterocycles. The van der Waals surface area contributed by atoms with Crippen LogP contribution in [-0.2, 0) is 19.2 Å². The Bertz CT molecular complexity index is 651. The Labute approximate surface area is 208 Å². The predicted molar refractivity (Wildman–Crippen MR) is 136 cm³/mol. The Hall–Kier alpha value is -1.85. The van der Waals surface area contributed by atoms with E-state index in [0.29, 0.717) is 38.0 Å². The molecule has 11 heteroatoms. The van der Waals surface area contributed by atoms with Crippen LogP contribution in [0.2, 0.25) is 0 Å². The van der Waals surface area contributed by atoms with Gasteiger partial charge in [0, 0.05) is 0 Å². The third-order valence-electron chi connectivity index (χ3n) is 6.16. The van der Waals surface area contributed by atoms with Crippen LogP contribution in [0.5, 0.6) is 0 Å². The van der Waals surface area contributed by atoms with Crippen LogP contribution >= 0.6 is 11.8 Å². The first-order valence-electron chi connectivity index (χ1n) is 12.1. The first-order valence-corrected chi connectivity index (χ1v) is 13.5. The second-order valence-electron chi connectivity index (χ2n) is 8.81. The molecule has 0 aliphatic carbocycles. The number of thioether (sulfide) groups is 1. The fourth-order valence-corrected chi connectivity index (χ4v) is 3.72. The van der Waals surface area contributed by atoms with Crippen LogP contribution in [0, 0.1) is 11.8 Å². The fraction of sp³-hybridized carbons (Fsp3) is 0.826. The van der Waals surface area contributed by atoms with Crippen LogP contribution in [0.25, 0.3) is 0 Å². The van der Waals surface area contributed by atoms with Gasteiger partial charge >= 0.3 is 5.97 Å². The zero-order valence-electron chi connectivity index (χ0n) is 21.3. The van der Waals surface area contributed by atoms with E-state index in [9.17, 15) is 24.3 Å². The molecule has 0 aliphatic rings. The molecule has 34 heavy (non-hydrogen) atoms. The second-order valence-corrected chi connectivity index (χ2v) is 9.80. The molecule has 0 bridgehead atoms. The molecular weight excluding hydrogens is 458 g/mol. The van der Waals surface area contributed by atoms with Crippen molar-refractivity contribution in [2.24, 2.45) is 23.3 Å². The summed E-state index contributed by atoms with van der Waals surface area (Å²) in [5, 5.41) is 17.5. The van der Waals surface area contributed by atoms with Gasteiger partial charge in [-0.05, 0) is 56.1 Å². The number of hydrogen-bond donors (Lipinski definition) is 6. The summed E-state index contributed by atoms with van der Waals surface area (Å²) >= 11 is 1.51. The SMILES string of the molecule is CCC(C)C(N)C(=O)NC(C(=O)NC(CCSC)C(=O)NC(CCCCN)C(=O)O)C(C)CC. The van der Waals surface area contributed by atoms with Crippen molar-refractivity contribution < 1.29 is 24.3 Å². The van der Waals surface area contributed by atoms with Crippen LogP contribution < -0.4 is 27.4 Å². The van der Waals surface area contributed by atoms with E-state index in [1.807, 2.05) is 34.0 Å². The van der Waals surface area contributed by atoms with Crippen molar-refractivity contribution >= 4 is 35.5 Å². The quantitative estimate of drug-likeness (QED) is 0.149. The van der Waals surface area contributed by atoms with E-state index in [2.05, 4.69) is 16.0 Å². The Balaban J connectivity index is 5.49. The summed E-state index contributed by atoms with van der Waals surface area (Å²) in [7, 11) is 0. The van der Waals surface area contributed by atoms with Gasteiger partial charge in [0.05, 0.1) is 6.04 Å². The minimum atomic E-state index is -1.14. The molecule has 0 aliphatic heterocycles. The summed E-state index contributed by atoms with van der Waals surface area (Å²) < 4.78 is 0. The highest BCUT2D eigenvalue weighted by Gasteiger charge is 2.32. The molecular formula is C23H45N5O5S. The molecule has 0 spiro atoms. The van der Waals surface area contributed by atoms with Crippen LogP contribution in [0.4, 0.5) is 0 Å². The van der Waals surface area contributed by atoms with Gasteiger partial charge in [-0.3, -0.25) is 14.4 Å². The topological polar surface area (TPSA) is 177 Å². The van der Waals surface area contributed by atoms with E-state index < -0.39 is 47.9 Å². The van der Waals surface area contributed by atoms with Crippen molar-refractivity contribution in [3.63, 3.8) is 0 Å². The normalized spacial score (nSPS) is 16.4. The van der Waals surface area contributed by atoms with Gasteiger partial charge in [0.25, 0.3) is 0 Å². The number of nitrogens with two attached hydrogens (primary N) is 2. The van der Waals surface area contributed by atoms with Crippen LogP contribution in [0.15, 0.2) is 0 Å². The standard InChI is InChI=1S/C23H45N5O5S/c1-6-14(3)18(25)21(30)28-19(15(4)7-2)22(31)26-16(11-13-34-5)20(29)27-17(23(32)33)10-8-9-12-24/h14-19H,6-13,24-25H2,1-5H3,(H,26,31)(H,27,29)(H,28,30)(H,32,33). The third kappa shape index (κ3) is 11.5. The Kier molecular flexibility index (Phi) is 16.6. The average molecular weight is 504 g/mol. The van der Waals surface area contributed by atoms with Crippen molar-refractivity contribution in [2.45, 2.75) is 90.4 Å². The lowest BCUT2D eigenvalue weighted by Gasteiger charge is -2.28. The molecule has 8 N–H and O–H groups in total. The number of amides is 3. The number of nitrogens with one attached hydrogen (secondary N) is 3. The molecule has 6 unspecified atom stereocenters. The highest BCUT2D eigenvalue weighted by Crippen LogP contribution is 2.12. The maximum absolute atomic E-state index is 13.2. The summed E-state index contributed by atoms with van der Waals surface area (Å²) in [5.41, 5.74) is 11.5. The number of aliphatic carboxylic acids is 1. The molecule has 0 fully saturated rings. The highest BCUT2D eigenvalue weighted by atomic mass is 32.2. The van der Waals surface area contributed by atoms with Gasteiger partial charge in [0.15, 0.2) is 0 Å². The predicted octanol–water partition coefficient (Wildman–Crippen LogP) is 0.827. The molecule has 0 rings (SSSR count). The monoisotopic (exact) mass is 503 g/mol. The summed E-state index contributed by atoms with van der Waals surface area (Å²) in [5.74, 6) is -2.26. The lowest BCUT2D eigenvalue weighted by Crippen LogP contribution is -2.59. The summed E-state index contributed by atoms with van der Waals surface area (Å²) in [4.78, 5) is 50.3. The van der Waals surface area contributed by atoms with E-state index in [1.165, 1.54) is 11.8 Å². The van der Waals surface area contributed by atoms with Gasteiger partial charge in [0.2, 0.25) is 17.7 Å². The number of hydrogen-bond acceptors (Lipinski definition) is 7. The molecule has 0 radical (unpaired) electrons. The van der Waals surface area contributed by atoms with E-state index in [-0.39, 0.29) is 18.3 Å². The molecule has 0 aromatic carbocycles. The largest absolute Gasteiger partial charge is 0.480 e. The van der Waals surface area contributed by atoms with Gasteiger partial charge in [-0.15, -0.1) is 0 Å². The van der Waals surface area contributed by atoms with Crippen molar-refractivity contribution in [2.75, 3.05) is 18.6 Å². The number of carbonyl (C=O) groups excluding carboxylic acids is 3. The molecule has 0 heterocycles. The third-order valence-corrected chi connectivity index (χ3v) is 6.80. The zero-order chi connectivity index (χ0) is 26.3. The van der Waals surface area contributed by atoms with Gasteiger partial charge in [-0.2, -0.15) is 11.8 Å². The molecule has 10 nitrogen and oxygen atoms in total. The minimum Gasteiger partial charge on any atom is -0.480 e. The van der Waals surface area contributed by atoms with E-state index in [1.54, 1.807) is 0 Å². The maximum Gasteiger partial charge on any atom is 0.326 e. The van der Waals surface area contributed by atoms with Crippen molar-refractivity contribution in [1.29, 1.82) is 0 Å². The molecule has 0 saturated carbocycles. The molecule has 0 saturated heterocycles. The van der Waals surface area contributed by atoms with Gasteiger partial charge in [0.1, 0.15) is 18.1 Å². The number of rotatable bonds is 18. The lowest BCUT2D eigenvalue weighted by molar-refractivity contribution is -0.142. The van der Waals surface area contributed by atoms with Crippen LogP contribution in [-0.4, -0.2) is 71.5 Å². The van der Waals surface area contributed by atoms with E-state index >= 15 is 0 Å². The number of carboxylic acids is 1.